The molecule has 0 aliphatic carbocycles. The van der Waals surface area contributed by atoms with Gasteiger partial charge in [-0.1, -0.05) is 23.7 Å². The molecule has 4 nitrogen and oxygen atoms in total. The van der Waals surface area contributed by atoms with Crippen molar-refractivity contribution < 1.29 is 13.2 Å². The Balaban J connectivity index is 1.75. The van der Waals surface area contributed by atoms with Gasteiger partial charge >= 0.3 is 0 Å². The van der Waals surface area contributed by atoms with Crippen molar-refractivity contribution >= 4 is 21.4 Å². The highest BCUT2D eigenvalue weighted by Gasteiger charge is 2.17. The SMILES string of the molecule is O=S(=O)(CCc1ccc2c(c1)CCO2)c1cncc(Cl)c1. The highest BCUT2D eigenvalue weighted by Crippen LogP contribution is 2.26. The van der Waals surface area contributed by atoms with Crippen LogP contribution in [0.5, 0.6) is 5.75 Å². The molecule has 2 aromatic rings. The molecule has 0 unspecified atom stereocenters. The number of aromatic nitrogens is 1. The van der Waals surface area contributed by atoms with E-state index < -0.39 is 9.84 Å². The Kier molecular flexibility index (Phi) is 3.87. The summed E-state index contributed by atoms with van der Waals surface area (Å²) in [7, 11) is -3.37. The molecule has 0 spiro atoms. The molecule has 0 atom stereocenters. The topological polar surface area (TPSA) is 56.3 Å². The van der Waals surface area contributed by atoms with Gasteiger partial charge in [-0.05, 0) is 29.7 Å². The van der Waals surface area contributed by atoms with E-state index in [2.05, 4.69) is 4.98 Å². The van der Waals surface area contributed by atoms with Crippen LogP contribution >= 0.6 is 11.6 Å². The quantitative estimate of drug-likeness (QED) is 0.868. The minimum Gasteiger partial charge on any atom is -0.493 e. The van der Waals surface area contributed by atoms with Crippen molar-refractivity contribution in [1.29, 1.82) is 0 Å². The summed E-state index contributed by atoms with van der Waals surface area (Å²) >= 11 is 5.79. The van der Waals surface area contributed by atoms with Crippen LogP contribution in [0.4, 0.5) is 0 Å². The zero-order valence-corrected chi connectivity index (χ0v) is 12.8. The van der Waals surface area contributed by atoms with Gasteiger partial charge in [0.25, 0.3) is 0 Å². The molecular weight excluding hydrogens is 310 g/mol. The van der Waals surface area contributed by atoms with Crippen molar-refractivity contribution in [2.75, 3.05) is 12.4 Å². The van der Waals surface area contributed by atoms with Gasteiger partial charge in [0.1, 0.15) is 5.75 Å². The fraction of sp³-hybridized carbons (Fsp3) is 0.267. The van der Waals surface area contributed by atoms with Crippen molar-refractivity contribution in [2.45, 2.75) is 17.7 Å². The second-order valence-electron chi connectivity index (χ2n) is 4.95. The summed E-state index contributed by atoms with van der Waals surface area (Å²) in [6, 6.07) is 7.27. The van der Waals surface area contributed by atoms with Crippen LogP contribution in [0.15, 0.2) is 41.6 Å². The van der Waals surface area contributed by atoms with Crippen molar-refractivity contribution in [3.05, 3.63) is 52.8 Å². The zero-order chi connectivity index (χ0) is 14.9. The Morgan fingerprint density at radius 3 is 2.90 bits per heavy atom. The number of hydrogen-bond acceptors (Lipinski definition) is 4. The average molecular weight is 324 g/mol. The maximum absolute atomic E-state index is 12.3. The lowest BCUT2D eigenvalue weighted by molar-refractivity contribution is 0.357. The van der Waals surface area contributed by atoms with Gasteiger partial charge in [0, 0.05) is 18.8 Å². The lowest BCUT2D eigenvalue weighted by atomic mass is 10.1. The maximum atomic E-state index is 12.3. The first-order chi connectivity index (χ1) is 10.0. The van der Waals surface area contributed by atoms with Crippen LogP contribution in [0.3, 0.4) is 0 Å². The van der Waals surface area contributed by atoms with E-state index in [0.29, 0.717) is 18.1 Å². The molecule has 21 heavy (non-hydrogen) atoms. The fourth-order valence-electron chi connectivity index (χ4n) is 2.33. The smallest absolute Gasteiger partial charge is 0.180 e. The first-order valence-electron chi connectivity index (χ1n) is 6.62. The third-order valence-corrected chi connectivity index (χ3v) is 5.34. The monoisotopic (exact) mass is 323 g/mol. The first kappa shape index (κ1) is 14.4. The van der Waals surface area contributed by atoms with Crippen LogP contribution in [-0.2, 0) is 22.7 Å². The molecule has 0 amide bonds. The highest BCUT2D eigenvalue weighted by atomic mass is 35.5. The Hall–Kier alpha value is -1.59. The van der Waals surface area contributed by atoms with Crippen molar-refractivity contribution in [3.8, 4) is 5.75 Å². The predicted octanol–water partition coefficient (Wildman–Crippen LogP) is 2.69. The molecule has 1 aromatic heterocycles. The molecule has 1 aliphatic rings. The van der Waals surface area contributed by atoms with Gasteiger partial charge in [-0.15, -0.1) is 0 Å². The van der Waals surface area contributed by atoms with Gasteiger partial charge < -0.3 is 4.74 Å². The molecule has 0 bridgehead atoms. The van der Waals surface area contributed by atoms with Crippen LogP contribution in [0.25, 0.3) is 0 Å². The number of ether oxygens (including phenoxy) is 1. The molecule has 6 heteroatoms. The summed E-state index contributed by atoms with van der Waals surface area (Å²) in [6.07, 6.45) is 4.09. The van der Waals surface area contributed by atoms with E-state index in [1.165, 1.54) is 18.5 Å². The number of aryl methyl sites for hydroxylation is 1. The third kappa shape index (κ3) is 3.19. The Labute approximate surface area is 128 Å². The van der Waals surface area contributed by atoms with Crippen LogP contribution in [0.1, 0.15) is 11.1 Å². The van der Waals surface area contributed by atoms with E-state index >= 15 is 0 Å². The van der Waals surface area contributed by atoms with Crippen molar-refractivity contribution in [1.82, 2.24) is 4.98 Å². The number of rotatable bonds is 4. The Morgan fingerprint density at radius 1 is 1.24 bits per heavy atom. The third-order valence-electron chi connectivity index (χ3n) is 3.45. The van der Waals surface area contributed by atoms with Crippen LogP contribution < -0.4 is 4.74 Å². The summed E-state index contributed by atoms with van der Waals surface area (Å²) in [5.41, 5.74) is 2.15. The van der Waals surface area contributed by atoms with E-state index in [4.69, 9.17) is 16.3 Å². The summed E-state index contributed by atoms with van der Waals surface area (Å²) in [5.74, 6) is 0.940. The van der Waals surface area contributed by atoms with Crippen molar-refractivity contribution in [2.24, 2.45) is 0 Å². The molecule has 1 aliphatic heterocycles. The minimum atomic E-state index is -3.37. The Morgan fingerprint density at radius 2 is 2.10 bits per heavy atom. The molecule has 0 saturated carbocycles. The minimum absolute atomic E-state index is 0.0364. The molecular formula is C15H14ClNO3S. The number of fused-ring (bicyclic) bond motifs is 1. The van der Waals surface area contributed by atoms with Gasteiger partial charge in [0.05, 0.1) is 22.3 Å². The van der Waals surface area contributed by atoms with E-state index in [1.54, 1.807) is 0 Å². The molecule has 0 fully saturated rings. The molecule has 0 saturated heterocycles. The summed E-state index contributed by atoms with van der Waals surface area (Å²) in [5, 5.41) is 0.325. The molecule has 0 radical (unpaired) electrons. The van der Waals surface area contributed by atoms with Gasteiger partial charge in [0.2, 0.25) is 0 Å². The lowest BCUT2D eigenvalue weighted by Crippen LogP contribution is -2.09. The number of nitrogens with zero attached hydrogens (tertiary/aromatic N) is 1. The van der Waals surface area contributed by atoms with Gasteiger partial charge in [-0.25, -0.2) is 8.42 Å². The second kappa shape index (κ2) is 5.66. The molecule has 0 N–H and O–H groups in total. The first-order valence-corrected chi connectivity index (χ1v) is 8.65. The van der Waals surface area contributed by atoms with Crippen LogP contribution in [-0.4, -0.2) is 25.8 Å². The van der Waals surface area contributed by atoms with E-state index in [1.807, 2.05) is 18.2 Å². The summed E-state index contributed by atoms with van der Waals surface area (Å²) < 4.78 is 30.0. The molecule has 1 aromatic carbocycles. The van der Waals surface area contributed by atoms with Crippen LogP contribution in [0.2, 0.25) is 5.02 Å². The van der Waals surface area contributed by atoms with Gasteiger partial charge in [-0.3, -0.25) is 4.98 Å². The number of hydrogen-bond donors (Lipinski definition) is 0. The number of benzene rings is 1. The molecule has 2 heterocycles. The standard InChI is InChI=1S/C15H14ClNO3S/c16-13-8-14(10-17-9-13)21(18,19)6-4-11-1-2-15-12(7-11)3-5-20-15/h1-2,7-10H,3-6H2. The summed E-state index contributed by atoms with van der Waals surface area (Å²) in [4.78, 5) is 3.99. The highest BCUT2D eigenvalue weighted by molar-refractivity contribution is 7.91. The number of pyridine rings is 1. The fourth-order valence-corrected chi connectivity index (χ4v) is 3.83. The van der Waals surface area contributed by atoms with Gasteiger partial charge in [-0.2, -0.15) is 0 Å². The van der Waals surface area contributed by atoms with E-state index in [0.717, 1.165) is 23.3 Å². The van der Waals surface area contributed by atoms with E-state index in [9.17, 15) is 8.42 Å². The van der Waals surface area contributed by atoms with E-state index in [-0.39, 0.29) is 10.6 Å². The normalized spacial score (nSPS) is 13.8. The number of sulfone groups is 1. The van der Waals surface area contributed by atoms with Crippen LogP contribution in [0, 0.1) is 0 Å². The Bertz CT molecular complexity index is 774. The zero-order valence-electron chi connectivity index (χ0n) is 11.3. The second-order valence-corrected chi connectivity index (χ2v) is 7.49. The molecule has 3 rings (SSSR count). The summed E-state index contributed by atoms with van der Waals surface area (Å²) in [6.45, 7) is 0.700. The van der Waals surface area contributed by atoms with Gasteiger partial charge in [0.15, 0.2) is 9.84 Å². The number of halogens is 1. The average Bonchev–Trinajstić information content (AvgIpc) is 2.93. The predicted molar refractivity (Wildman–Crippen MR) is 80.6 cm³/mol. The largest absolute Gasteiger partial charge is 0.493 e. The lowest BCUT2D eigenvalue weighted by Gasteiger charge is -2.06. The van der Waals surface area contributed by atoms with Crippen molar-refractivity contribution in [3.63, 3.8) is 0 Å². The maximum Gasteiger partial charge on any atom is 0.180 e. The molecule has 110 valence electrons.